The molecule has 1 aliphatic heterocycles. The number of sulfonamides is 1. The number of hydrogen-bond acceptors (Lipinski definition) is 7. The fraction of sp³-hybridized carbons (Fsp3) is 0.387. The third kappa shape index (κ3) is 8.88. The maximum Gasteiger partial charge on any atom is 0.251 e. The Balaban J connectivity index is 1.56. The quantitative estimate of drug-likeness (QED) is 0.231. The first kappa shape index (κ1) is 32.2. The van der Waals surface area contributed by atoms with Crippen molar-refractivity contribution in [2.75, 3.05) is 42.1 Å². The Hall–Kier alpha value is -3.74. The van der Waals surface area contributed by atoms with Crippen molar-refractivity contribution in [1.82, 2.24) is 10.6 Å². The number of methoxy groups -OCH3 is 1. The Morgan fingerprint density at radius 2 is 1.81 bits per heavy atom. The zero-order chi connectivity index (χ0) is 31.0. The molecule has 1 saturated heterocycles. The summed E-state index contributed by atoms with van der Waals surface area (Å²) in [5.74, 6) is -1.38. The lowest BCUT2D eigenvalue weighted by Gasteiger charge is -2.29. The second kappa shape index (κ2) is 14.6. The van der Waals surface area contributed by atoms with Crippen LogP contribution in [0.15, 0.2) is 60.7 Å². The molecule has 0 saturated carbocycles. The predicted octanol–water partition coefficient (Wildman–Crippen LogP) is 3.83. The van der Waals surface area contributed by atoms with Gasteiger partial charge in [-0.3, -0.25) is 9.10 Å². The molecule has 12 heteroatoms. The van der Waals surface area contributed by atoms with Gasteiger partial charge < -0.3 is 25.8 Å². The fourth-order valence-electron chi connectivity index (χ4n) is 5.08. The highest BCUT2D eigenvalue weighted by Gasteiger charge is 2.28. The maximum atomic E-state index is 14.0. The summed E-state index contributed by atoms with van der Waals surface area (Å²) in [7, 11) is -1.96. The smallest absolute Gasteiger partial charge is 0.251 e. The van der Waals surface area contributed by atoms with Crippen LogP contribution < -0.4 is 25.0 Å². The summed E-state index contributed by atoms with van der Waals surface area (Å²) in [5.41, 5.74) is 2.29. The molecule has 2 atom stereocenters. The van der Waals surface area contributed by atoms with Crippen molar-refractivity contribution in [2.45, 2.75) is 44.9 Å². The molecule has 0 aromatic heterocycles. The fourth-order valence-corrected chi connectivity index (χ4v) is 6.70. The van der Waals surface area contributed by atoms with Crippen molar-refractivity contribution in [3.63, 3.8) is 0 Å². The SMILES string of the molecule is CCNc1cc(C(=O)N[C@@H](Cc2cc(F)cc(F)c2)[C@H](O)CNCc2cccc(OC)c2)cc(N2CCCCS2(=O)=O)c1. The number of ether oxygens (including phenoxy) is 1. The van der Waals surface area contributed by atoms with E-state index in [1.807, 2.05) is 31.2 Å². The Morgan fingerprint density at radius 3 is 2.51 bits per heavy atom. The second-order valence-electron chi connectivity index (χ2n) is 10.5. The Bertz CT molecular complexity index is 1500. The number of rotatable bonds is 13. The molecule has 1 aliphatic rings. The van der Waals surface area contributed by atoms with E-state index in [1.165, 1.54) is 10.4 Å². The number of halogens is 2. The molecule has 0 unspecified atom stereocenters. The molecular formula is C31H38F2N4O5S. The van der Waals surface area contributed by atoms with Crippen LogP contribution in [0.25, 0.3) is 0 Å². The minimum absolute atomic E-state index is 0.0290. The number of aliphatic hydroxyl groups excluding tert-OH is 1. The van der Waals surface area contributed by atoms with E-state index in [0.717, 1.165) is 23.8 Å². The van der Waals surface area contributed by atoms with E-state index in [0.29, 0.717) is 49.6 Å². The lowest BCUT2D eigenvalue weighted by atomic mass is 9.99. The van der Waals surface area contributed by atoms with Crippen molar-refractivity contribution in [2.24, 2.45) is 0 Å². The van der Waals surface area contributed by atoms with Crippen LogP contribution >= 0.6 is 0 Å². The molecule has 0 radical (unpaired) electrons. The third-order valence-electron chi connectivity index (χ3n) is 7.17. The summed E-state index contributed by atoms with van der Waals surface area (Å²) in [6, 6.07) is 14.3. The van der Waals surface area contributed by atoms with Crippen LogP contribution in [-0.2, 0) is 23.0 Å². The molecule has 3 aromatic carbocycles. The minimum atomic E-state index is -3.53. The van der Waals surface area contributed by atoms with Crippen molar-refractivity contribution < 1.29 is 31.8 Å². The van der Waals surface area contributed by atoms with Crippen molar-refractivity contribution in [3.05, 3.63) is 89.0 Å². The van der Waals surface area contributed by atoms with Gasteiger partial charge in [-0.25, -0.2) is 17.2 Å². The molecule has 4 rings (SSSR count). The number of hydrogen-bond donors (Lipinski definition) is 4. The predicted molar refractivity (Wildman–Crippen MR) is 163 cm³/mol. The highest BCUT2D eigenvalue weighted by molar-refractivity contribution is 7.92. The number of anilines is 2. The number of nitrogens with one attached hydrogen (secondary N) is 3. The van der Waals surface area contributed by atoms with Gasteiger partial charge in [-0.05, 0) is 79.8 Å². The second-order valence-corrected chi connectivity index (χ2v) is 12.5. The lowest BCUT2D eigenvalue weighted by Crippen LogP contribution is -2.48. The summed E-state index contributed by atoms with van der Waals surface area (Å²) >= 11 is 0. The summed E-state index contributed by atoms with van der Waals surface area (Å²) < 4.78 is 60.1. The van der Waals surface area contributed by atoms with E-state index in [4.69, 9.17) is 4.74 Å². The Kier molecular flexibility index (Phi) is 10.9. The van der Waals surface area contributed by atoms with E-state index in [9.17, 15) is 27.1 Å². The number of aliphatic hydroxyl groups is 1. The van der Waals surface area contributed by atoms with Gasteiger partial charge in [0.25, 0.3) is 5.91 Å². The van der Waals surface area contributed by atoms with E-state index < -0.39 is 39.7 Å². The van der Waals surface area contributed by atoms with Crippen molar-refractivity contribution in [1.29, 1.82) is 0 Å². The Morgan fingerprint density at radius 1 is 1.05 bits per heavy atom. The highest BCUT2D eigenvalue weighted by Crippen LogP contribution is 2.28. The molecule has 0 spiro atoms. The molecule has 0 aliphatic carbocycles. The largest absolute Gasteiger partial charge is 0.497 e. The van der Waals surface area contributed by atoms with Gasteiger partial charge in [0.15, 0.2) is 0 Å². The summed E-state index contributed by atoms with van der Waals surface area (Å²) in [6.45, 7) is 3.21. The van der Waals surface area contributed by atoms with Crippen LogP contribution in [-0.4, -0.2) is 64.1 Å². The van der Waals surface area contributed by atoms with E-state index in [-0.39, 0.29) is 29.8 Å². The number of nitrogens with zero attached hydrogens (tertiary/aromatic N) is 1. The van der Waals surface area contributed by atoms with Crippen LogP contribution in [0.1, 0.15) is 41.3 Å². The highest BCUT2D eigenvalue weighted by atomic mass is 32.2. The van der Waals surface area contributed by atoms with Gasteiger partial charge in [0.05, 0.1) is 30.7 Å². The number of amides is 1. The average molecular weight is 617 g/mol. The molecular weight excluding hydrogens is 578 g/mol. The van der Waals surface area contributed by atoms with Crippen LogP contribution in [0.5, 0.6) is 5.75 Å². The lowest BCUT2D eigenvalue weighted by molar-refractivity contribution is 0.0830. The number of carbonyl (C=O) groups excluding carboxylic acids is 1. The minimum Gasteiger partial charge on any atom is -0.497 e. The van der Waals surface area contributed by atoms with E-state index >= 15 is 0 Å². The topological polar surface area (TPSA) is 120 Å². The van der Waals surface area contributed by atoms with Crippen LogP contribution in [0, 0.1) is 11.6 Å². The first-order chi connectivity index (χ1) is 20.6. The van der Waals surface area contributed by atoms with E-state index in [2.05, 4.69) is 16.0 Å². The van der Waals surface area contributed by atoms with Crippen LogP contribution in [0.2, 0.25) is 0 Å². The normalized spacial score (nSPS) is 15.9. The number of benzene rings is 3. The molecule has 0 bridgehead atoms. The van der Waals surface area contributed by atoms with Crippen molar-refractivity contribution >= 4 is 27.3 Å². The Labute approximate surface area is 251 Å². The standard InChI is InChI=1S/C31H38F2N4O5S/c1-3-35-26-15-23(16-27(18-26)37-9-4-5-10-43(37,40)41)31(39)36-29(14-22-11-24(32)17-25(33)12-22)30(38)20-34-19-21-7-6-8-28(13-21)42-2/h6-8,11-13,15-18,29-30,34-35,38H,3-5,9-10,14,19-20H2,1-2H3,(H,36,39)/t29-,30+/m0/s1. The first-order valence-electron chi connectivity index (χ1n) is 14.2. The molecule has 232 valence electrons. The monoisotopic (exact) mass is 616 g/mol. The third-order valence-corrected chi connectivity index (χ3v) is 9.04. The van der Waals surface area contributed by atoms with Gasteiger partial charge in [0.2, 0.25) is 10.0 Å². The summed E-state index contributed by atoms with van der Waals surface area (Å²) in [4.78, 5) is 13.6. The zero-order valence-corrected chi connectivity index (χ0v) is 25.1. The molecule has 1 amide bonds. The zero-order valence-electron chi connectivity index (χ0n) is 24.3. The summed E-state index contributed by atoms with van der Waals surface area (Å²) in [6.07, 6.45) is 0.0844. The van der Waals surface area contributed by atoms with Gasteiger partial charge in [-0.2, -0.15) is 0 Å². The van der Waals surface area contributed by atoms with Crippen LogP contribution in [0.3, 0.4) is 0 Å². The van der Waals surface area contributed by atoms with Gasteiger partial charge in [-0.15, -0.1) is 0 Å². The molecule has 1 fully saturated rings. The van der Waals surface area contributed by atoms with Gasteiger partial charge >= 0.3 is 0 Å². The molecule has 4 N–H and O–H groups in total. The summed E-state index contributed by atoms with van der Waals surface area (Å²) in [5, 5.41) is 20.3. The van der Waals surface area contributed by atoms with Crippen molar-refractivity contribution in [3.8, 4) is 5.75 Å². The maximum absolute atomic E-state index is 14.0. The van der Waals surface area contributed by atoms with Crippen LogP contribution in [0.4, 0.5) is 20.2 Å². The van der Waals surface area contributed by atoms with Gasteiger partial charge in [-0.1, -0.05) is 12.1 Å². The molecule has 3 aromatic rings. The average Bonchev–Trinajstić information content (AvgIpc) is 2.96. The molecule has 1 heterocycles. The van der Waals surface area contributed by atoms with Gasteiger partial charge in [0, 0.05) is 43.5 Å². The molecule has 43 heavy (non-hydrogen) atoms. The molecule has 9 nitrogen and oxygen atoms in total. The number of carbonyl (C=O) groups is 1. The van der Waals surface area contributed by atoms with E-state index in [1.54, 1.807) is 19.2 Å². The first-order valence-corrected chi connectivity index (χ1v) is 15.9. The van der Waals surface area contributed by atoms with Gasteiger partial charge in [0.1, 0.15) is 17.4 Å².